The predicted octanol–water partition coefficient (Wildman–Crippen LogP) is 3.50. The molecule has 0 amide bonds. The van der Waals surface area contributed by atoms with Crippen molar-refractivity contribution in [3.8, 4) is 0 Å². The Morgan fingerprint density at radius 1 is 0.640 bits per heavy atom. The maximum absolute atomic E-state index is 6.90. The van der Waals surface area contributed by atoms with Crippen LogP contribution in [0, 0.1) is 0 Å². The van der Waals surface area contributed by atoms with E-state index in [0.717, 1.165) is 10.4 Å². The molecule has 7 heteroatoms. The van der Waals surface area contributed by atoms with Crippen molar-refractivity contribution >= 4 is 45.6 Å². The zero-order valence-electron chi connectivity index (χ0n) is 16.0. The monoisotopic (exact) mass is 404 g/mol. The Labute approximate surface area is 157 Å². The lowest BCUT2D eigenvalue weighted by Crippen LogP contribution is -2.69. The van der Waals surface area contributed by atoms with Gasteiger partial charge in [-0.3, -0.25) is 0 Å². The van der Waals surface area contributed by atoms with Crippen LogP contribution in [0.25, 0.3) is 0 Å². The van der Waals surface area contributed by atoms with Gasteiger partial charge in [0.05, 0.1) is 0 Å². The zero-order valence-corrected chi connectivity index (χ0v) is 20.0. The Kier molecular flexibility index (Phi) is 7.15. The van der Waals surface area contributed by atoms with Gasteiger partial charge in [0.2, 0.25) is 0 Å². The number of hydrogen-bond acceptors (Lipinski definition) is 3. The fraction of sp³-hybridized carbons (Fsp3) is 0.333. The molecule has 0 saturated heterocycles. The molecule has 25 heavy (non-hydrogen) atoms. The largest absolute Gasteiger partial charge is 0.436 e. The SMILES string of the molecule is C[Si](C)O[Si](C)(C)O[Si](O[Si](C)C)(c1ccccc1)c1ccccc1. The molecule has 0 aliphatic heterocycles. The highest BCUT2D eigenvalue weighted by molar-refractivity contribution is 7.00. The molecule has 0 unspecified atom stereocenters. The fourth-order valence-electron chi connectivity index (χ4n) is 2.88. The summed E-state index contributed by atoms with van der Waals surface area (Å²) in [7, 11) is -6.97. The molecule has 0 fully saturated rings. The van der Waals surface area contributed by atoms with Crippen LogP contribution >= 0.6 is 0 Å². The van der Waals surface area contributed by atoms with E-state index in [9.17, 15) is 0 Å². The van der Waals surface area contributed by atoms with Crippen LogP contribution in [0.4, 0.5) is 0 Å². The molecule has 0 aromatic heterocycles. The molecule has 0 aliphatic rings. The van der Waals surface area contributed by atoms with Gasteiger partial charge in [-0.1, -0.05) is 60.7 Å². The lowest BCUT2D eigenvalue weighted by Gasteiger charge is -2.39. The summed E-state index contributed by atoms with van der Waals surface area (Å²) in [6.07, 6.45) is 0. The summed E-state index contributed by atoms with van der Waals surface area (Å²) in [6, 6.07) is 20.9. The molecule has 2 aromatic rings. The van der Waals surface area contributed by atoms with Gasteiger partial charge in [-0.25, -0.2) is 0 Å². The standard InChI is InChI=1S/C18H28O3Si4/c1-22(2)19-24(5,6)21-25(20-23(3)4,17-13-9-7-10-14-17)18-15-11-8-12-16-18/h7-16H,1-6H3. The number of benzene rings is 2. The molecular formula is C18H28O3Si4. The minimum Gasteiger partial charge on any atom is -0.436 e. The molecule has 0 heterocycles. The Morgan fingerprint density at radius 2 is 1.04 bits per heavy atom. The van der Waals surface area contributed by atoms with Crippen molar-refractivity contribution in [2.45, 2.75) is 39.3 Å². The molecule has 0 bridgehead atoms. The molecule has 0 atom stereocenters. The van der Waals surface area contributed by atoms with E-state index in [-0.39, 0.29) is 0 Å². The highest BCUT2D eigenvalue weighted by Gasteiger charge is 2.48. The average Bonchev–Trinajstić information content (AvgIpc) is 2.54. The van der Waals surface area contributed by atoms with Gasteiger partial charge in [-0.15, -0.1) is 0 Å². The van der Waals surface area contributed by atoms with E-state index in [1.807, 2.05) is 12.1 Å². The highest BCUT2D eigenvalue weighted by Crippen LogP contribution is 2.20. The van der Waals surface area contributed by atoms with E-state index in [2.05, 4.69) is 87.8 Å². The summed E-state index contributed by atoms with van der Waals surface area (Å²) >= 11 is 0. The first-order valence-corrected chi connectivity index (χ1v) is 18.0. The smallest absolute Gasteiger partial charge is 0.387 e. The van der Waals surface area contributed by atoms with E-state index in [0.29, 0.717) is 0 Å². The minimum atomic E-state index is -2.81. The van der Waals surface area contributed by atoms with Crippen molar-refractivity contribution in [1.29, 1.82) is 0 Å². The molecule has 0 N–H and O–H groups in total. The van der Waals surface area contributed by atoms with Crippen LogP contribution in [0.1, 0.15) is 0 Å². The van der Waals surface area contributed by atoms with Crippen molar-refractivity contribution in [3.05, 3.63) is 60.7 Å². The molecular weight excluding hydrogens is 377 g/mol. The lowest BCUT2D eigenvalue weighted by atomic mass is 10.4. The summed E-state index contributed by atoms with van der Waals surface area (Å²) < 4.78 is 19.9. The van der Waals surface area contributed by atoms with Crippen LogP contribution in [0.5, 0.6) is 0 Å². The maximum atomic E-state index is 6.90. The summed E-state index contributed by atoms with van der Waals surface area (Å²) in [6.45, 7) is 12.9. The molecule has 0 aliphatic carbocycles. The average molecular weight is 405 g/mol. The Balaban J connectivity index is 2.59. The first kappa shape index (κ1) is 20.5. The molecule has 0 saturated carbocycles. The zero-order chi connectivity index (χ0) is 18.5. The fourth-order valence-corrected chi connectivity index (χ4v) is 16.5. The molecule has 2 rings (SSSR count). The van der Waals surface area contributed by atoms with Gasteiger partial charge in [-0.05, 0) is 49.7 Å². The van der Waals surface area contributed by atoms with Gasteiger partial charge in [0.15, 0.2) is 18.1 Å². The van der Waals surface area contributed by atoms with Crippen LogP contribution in [-0.2, 0) is 12.3 Å². The second-order valence-corrected chi connectivity index (χ2v) is 18.1. The van der Waals surface area contributed by atoms with Gasteiger partial charge >= 0.3 is 17.1 Å². The van der Waals surface area contributed by atoms with Crippen molar-refractivity contribution in [2.75, 3.05) is 0 Å². The quantitative estimate of drug-likeness (QED) is 0.630. The van der Waals surface area contributed by atoms with Crippen LogP contribution in [0.15, 0.2) is 60.7 Å². The van der Waals surface area contributed by atoms with Crippen molar-refractivity contribution < 1.29 is 12.3 Å². The number of rotatable bonds is 8. The highest BCUT2D eigenvalue weighted by atomic mass is 28.5. The molecule has 134 valence electrons. The third kappa shape index (κ3) is 5.58. The second-order valence-electron chi connectivity index (χ2n) is 6.87. The Hall–Kier alpha value is -0.812. The first-order valence-electron chi connectivity index (χ1n) is 8.55. The predicted molar refractivity (Wildman–Crippen MR) is 114 cm³/mol. The Bertz CT molecular complexity index is 608. The van der Waals surface area contributed by atoms with Crippen molar-refractivity contribution in [3.63, 3.8) is 0 Å². The van der Waals surface area contributed by atoms with E-state index < -0.39 is 35.2 Å². The molecule has 3 nitrogen and oxygen atoms in total. The first-order chi connectivity index (χ1) is 11.8. The van der Waals surface area contributed by atoms with Crippen LogP contribution < -0.4 is 10.4 Å². The Morgan fingerprint density at radius 3 is 1.40 bits per heavy atom. The second kappa shape index (κ2) is 8.72. The van der Waals surface area contributed by atoms with Crippen LogP contribution in [-0.4, -0.2) is 35.2 Å². The van der Waals surface area contributed by atoms with E-state index >= 15 is 0 Å². The molecule has 2 radical (unpaired) electrons. The summed E-state index contributed by atoms with van der Waals surface area (Å²) in [5, 5.41) is 2.30. The van der Waals surface area contributed by atoms with E-state index in [1.54, 1.807) is 0 Å². The van der Waals surface area contributed by atoms with Gasteiger partial charge < -0.3 is 12.3 Å². The third-order valence-electron chi connectivity index (χ3n) is 3.49. The van der Waals surface area contributed by atoms with Crippen molar-refractivity contribution in [1.82, 2.24) is 0 Å². The van der Waals surface area contributed by atoms with Gasteiger partial charge in [-0.2, -0.15) is 0 Å². The van der Waals surface area contributed by atoms with Crippen LogP contribution in [0.2, 0.25) is 39.3 Å². The minimum absolute atomic E-state index is 0.842. The topological polar surface area (TPSA) is 27.7 Å². The van der Waals surface area contributed by atoms with E-state index in [4.69, 9.17) is 12.3 Å². The normalized spacial score (nSPS) is 12.8. The summed E-state index contributed by atoms with van der Waals surface area (Å²) in [5.41, 5.74) is 0. The van der Waals surface area contributed by atoms with Crippen LogP contribution in [0.3, 0.4) is 0 Å². The van der Waals surface area contributed by atoms with Gasteiger partial charge in [0.1, 0.15) is 0 Å². The molecule has 2 aromatic carbocycles. The van der Waals surface area contributed by atoms with Gasteiger partial charge in [0, 0.05) is 0 Å². The molecule has 0 spiro atoms. The number of hydrogen-bond donors (Lipinski definition) is 0. The maximum Gasteiger partial charge on any atom is 0.387 e. The lowest BCUT2D eigenvalue weighted by molar-refractivity contribution is 0.352. The van der Waals surface area contributed by atoms with Gasteiger partial charge in [0.25, 0.3) is 0 Å². The summed E-state index contributed by atoms with van der Waals surface area (Å²) in [4.78, 5) is 0. The summed E-state index contributed by atoms with van der Waals surface area (Å²) in [5.74, 6) is 0. The third-order valence-corrected chi connectivity index (χ3v) is 15.2. The van der Waals surface area contributed by atoms with Crippen molar-refractivity contribution in [2.24, 2.45) is 0 Å². The van der Waals surface area contributed by atoms with E-state index in [1.165, 1.54) is 0 Å².